The summed E-state index contributed by atoms with van der Waals surface area (Å²) in [6.07, 6.45) is 2.43. The maximum Gasteiger partial charge on any atom is 0.228 e. The third-order valence-corrected chi connectivity index (χ3v) is 3.12. The molecule has 1 saturated carbocycles. The third kappa shape index (κ3) is 2.09. The number of carbonyl (C=O) groups is 1. The van der Waals surface area contributed by atoms with Crippen molar-refractivity contribution in [1.82, 2.24) is 10.2 Å². The van der Waals surface area contributed by atoms with Crippen LogP contribution >= 0.6 is 11.3 Å². The van der Waals surface area contributed by atoms with E-state index in [0.717, 1.165) is 5.01 Å². The molecule has 0 atom stereocenters. The highest BCUT2D eigenvalue weighted by atomic mass is 32.1. The lowest BCUT2D eigenvalue weighted by Gasteiger charge is -2.02. The van der Waals surface area contributed by atoms with Crippen molar-refractivity contribution < 1.29 is 4.79 Å². The molecule has 1 heterocycles. The highest BCUT2D eigenvalue weighted by Gasteiger charge is 2.27. The first kappa shape index (κ1) is 9.58. The van der Waals surface area contributed by atoms with Gasteiger partial charge in [0.1, 0.15) is 5.01 Å². The molecule has 0 aromatic carbocycles. The predicted octanol–water partition coefficient (Wildman–Crippen LogP) is 2.01. The van der Waals surface area contributed by atoms with Crippen LogP contribution in [0.1, 0.15) is 37.6 Å². The number of amides is 1. The average Bonchev–Trinajstić information content (AvgIpc) is 2.88. The first-order valence-corrected chi connectivity index (χ1v) is 5.62. The van der Waals surface area contributed by atoms with Gasteiger partial charge in [0, 0.05) is 11.8 Å². The van der Waals surface area contributed by atoms with E-state index in [1.165, 1.54) is 24.2 Å². The van der Waals surface area contributed by atoms with Crippen LogP contribution < -0.4 is 5.32 Å². The Balaban J connectivity index is 1.99. The molecule has 0 spiro atoms. The second-order valence-electron chi connectivity index (χ2n) is 3.86. The van der Waals surface area contributed by atoms with Gasteiger partial charge in [-0.1, -0.05) is 25.2 Å². The maximum atomic E-state index is 11.3. The summed E-state index contributed by atoms with van der Waals surface area (Å²) in [6, 6.07) is 0. The Morgan fingerprint density at radius 1 is 1.50 bits per heavy atom. The number of rotatable bonds is 3. The Morgan fingerprint density at radius 3 is 2.79 bits per heavy atom. The van der Waals surface area contributed by atoms with E-state index in [1.54, 1.807) is 0 Å². The Bertz CT molecular complexity index is 344. The van der Waals surface area contributed by atoms with Crippen LogP contribution in [-0.4, -0.2) is 16.1 Å². The Morgan fingerprint density at radius 2 is 2.21 bits per heavy atom. The molecule has 14 heavy (non-hydrogen) atoms. The maximum absolute atomic E-state index is 11.3. The average molecular weight is 211 g/mol. The van der Waals surface area contributed by atoms with Crippen molar-refractivity contribution in [2.45, 2.75) is 32.6 Å². The Kier molecular flexibility index (Phi) is 2.50. The van der Waals surface area contributed by atoms with Gasteiger partial charge in [-0.3, -0.25) is 4.79 Å². The van der Waals surface area contributed by atoms with Crippen LogP contribution in [0.5, 0.6) is 0 Å². The van der Waals surface area contributed by atoms with E-state index in [-0.39, 0.29) is 11.8 Å². The SMILES string of the molecule is CC(C)C(=O)Nc1nnc(C2CC2)s1. The van der Waals surface area contributed by atoms with Gasteiger partial charge >= 0.3 is 0 Å². The second kappa shape index (κ2) is 3.65. The quantitative estimate of drug-likeness (QED) is 0.832. The minimum absolute atomic E-state index is 0.00324. The first-order valence-electron chi connectivity index (χ1n) is 4.81. The molecule has 2 rings (SSSR count). The summed E-state index contributed by atoms with van der Waals surface area (Å²) in [6.45, 7) is 3.72. The summed E-state index contributed by atoms with van der Waals surface area (Å²) < 4.78 is 0. The minimum atomic E-state index is -0.0109. The lowest BCUT2D eigenvalue weighted by molar-refractivity contribution is -0.118. The molecule has 1 aliphatic rings. The van der Waals surface area contributed by atoms with Crippen molar-refractivity contribution in [2.75, 3.05) is 5.32 Å². The van der Waals surface area contributed by atoms with Gasteiger partial charge in [0.15, 0.2) is 0 Å². The van der Waals surface area contributed by atoms with Crippen LogP contribution in [0.4, 0.5) is 5.13 Å². The number of nitrogens with one attached hydrogen (secondary N) is 1. The summed E-state index contributed by atoms with van der Waals surface area (Å²) >= 11 is 1.50. The summed E-state index contributed by atoms with van der Waals surface area (Å²) in [5.74, 6) is 0.601. The highest BCUT2D eigenvalue weighted by molar-refractivity contribution is 7.15. The number of anilines is 1. The van der Waals surface area contributed by atoms with E-state index >= 15 is 0 Å². The monoisotopic (exact) mass is 211 g/mol. The van der Waals surface area contributed by atoms with Gasteiger partial charge in [-0.2, -0.15) is 0 Å². The fourth-order valence-corrected chi connectivity index (χ4v) is 1.95. The van der Waals surface area contributed by atoms with Crippen LogP contribution in [0.3, 0.4) is 0 Å². The van der Waals surface area contributed by atoms with E-state index < -0.39 is 0 Å². The Labute approximate surface area is 86.7 Å². The number of nitrogens with zero attached hydrogens (tertiary/aromatic N) is 2. The van der Waals surface area contributed by atoms with Gasteiger partial charge in [0.25, 0.3) is 0 Å². The zero-order chi connectivity index (χ0) is 10.1. The van der Waals surface area contributed by atoms with Crippen molar-refractivity contribution in [3.63, 3.8) is 0 Å². The lowest BCUT2D eigenvalue weighted by Crippen LogP contribution is -2.17. The molecular weight excluding hydrogens is 198 g/mol. The minimum Gasteiger partial charge on any atom is -0.300 e. The van der Waals surface area contributed by atoms with Crippen molar-refractivity contribution in [3.8, 4) is 0 Å². The molecular formula is C9H13N3OS. The summed E-state index contributed by atoms with van der Waals surface area (Å²) in [5.41, 5.74) is 0. The molecule has 1 fully saturated rings. The molecule has 1 N–H and O–H groups in total. The number of hydrogen-bond acceptors (Lipinski definition) is 4. The van der Waals surface area contributed by atoms with Crippen molar-refractivity contribution >= 4 is 22.4 Å². The molecule has 5 heteroatoms. The Hall–Kier alpha value is -0.970. The van der Waals surface area contributed by atoms with E-state index in [0.29, 0.717) is 11.0 Å². The van der Waals surface area contributed by atoms with Gasteiger partial charge < -0.3 is 5.32 Å². The van der Waals surface area contributed by atoms with Crippen LogP contribution in [0, 0.1) is 5.92 Å². The van der Waals surface area contributed by atoms with Crippen LogP contribution in [0.15, 0.2) is 0 Å². The van der Waals surface area contributed by atoms with Crippen LogP contribution in [0.2, 0.25) is 0 Å². The molecule has 4 nitrogen and oxygen atoms in total. The first-order chi connectivity index (χ1) is 6.66. The molecule has 76 valence electrons. The molecule has 0 unspecified atom stereocenters. The second-order valence-corrected chi connectivity index (χ2v) is 4.87. The van der Waals surface area contributed by atoms with E-state index in [9.17, 15) is 4.79 Å². The van der Waals surface area contributed by atoms with Crippen molar-refractivity contribution in [3.05, 3.63) is 5.01 Å². The van der Waals surface area contributed by atoms with Gasteiger partial charge in [0.05, 0.1) is 0 Å². The summed E-state index contributed by atoms with van der Waals surface area (Å²) in [7, 11) is 0. The fraction of sp³-hybridized carbons (Fsp3) is 0.667. The zero-order valence-electron chi connectivity index (χ0n) is 8.28. The summed E-state index contributed by atoms with van der Waals surface area (Å²) in [5, 5.41) is 12.4. The van der Waals surface area contributed by atoms with E-state index in [2.05, 4.69) is 15.5 Å². The third-order valence-electron chi connectivity index (χ3n) is 2.12. The van der Waals surface area contributed by atoms with E-state index in [1.807, 2.05) is 13.8 Å². The molecule has 1 amide bonds. The molecule has 1 aromatic rings. The van der Waals surface area contributed by atoms with Crippen LogP contribution in [-0.2, 0) is 4.79 Å². The predicted molar refractivity (Wildman–Crippen MR) is 55.4 cm³/mol. The molecule has 0 bridgehead atoms. The van der Waals surface area contributed by atoms with Gasteiger partial charge in [0.2, 0.25) is 11.0 Å². The summed E-state index contributed by atoms with van der Waals surface area (Å²) in [4.78, 5) is 11.3. The van der Waals surface area contributed by atoms with Crippen molar-refractivity contribution in [2.24, 2.45) is 5.92 Å². The zero-order valence-corrected chi connectivity index (χ0v) is 9.10. The van der Waals surface area contributed by atoms with Gasteiger partial charge in [-0.05, 0) is 12.8 Å². The molecule has 1 aliphatic carbocycles. The molecule has 0 aliphatic heterocycles. The standard InChI is InChI=1S/C9H13N3OS/c1-5(2)7(13)10-9-12-11-8(14-9)6-3-4-6/h5-6H,3-4H2,1-2H3,(H,10,12,13). The number of hydrogen-bond donors (Lipinski definition) is 1. The number of carbonyl (C=O) groups excluding carboxylic acids is 1. The van der Waals surface area contributed by atoms with E-state index in [4.69, 9.17) is 0 Å². The van der Waals surface area contributed by atoms with Crippen molar-refractivity contribution in [1.29, 1.82) is 0 Å². The lowest BCUT2D eigenvalue weighted by atomic mass is 10.2. The molecule has 0 saturated heterocycles. The smallest absolute Gasteiger partial charge is 0.228 e. The highest BCUT2D eigenvalue weighted by Crippen LogP contribution is 2.42. The molecule has 0 radical (unpaired) electrons. The number of aromatic nitrogens is 2. The van der Waals surface area contributed by atoms with Gasteiger partial charge in [-0.25, -0.2) is 0 Å². The normalized spacial score (nSPS) is 15.9. The van der Waals surface area contributed by atoms with Gasteiger partial charge in [-0.15, -0.1) is 10.2 Å². The van der Waals surface area contributed by atoms with Crippen LogP contribution in [0.25, 0.3) is 0 Å². The fourth-order valence-electron chi connectivity index (χ4n) is 1.03. The topological polar surface area (TPSA) is 54.9 Å². The largest absolute Gasteiger partial charge is 0.300 e. The molecule has 1 aromatic heterocycles.